The number of rotatable bonds is 10. The molecule has 1 aromatic carbocycles. The number of nitrogens with one attached hydrogen (secondary N) is 1. The van der Waals surface area contributed by atoms with Gasteiger partial charge in [0.05, 0.1) is 4.90 Å². The molecule has 30 heavy (non-hydrogen) atoms. The van der Waals surface area contributed by atoms with Crippen LogP contribution in [0.2, 0.25) is 0 Å². The van der Waals surface area contributed by atoms with E-state index in [4.69, 9.17) is 0 Å². The Labute approximate surface area is 182 Å². The maximum Gasteiger partial charge on any atom is 0.243 e. The number of aliphatic imine (C=N–C) groups is 1. The molecule has 0 aromatic heterocycles. The molecule has 0 unspecified atom stereocenters. The summed E-state index contributed by atoms with van der Waals surface area (Å²) < 4.78 is 28.0. The molecule has 1 heterocycles. The van der Waals surface area contributed by atoms with Crippen LogP contribution in [0, 0.1) is 0 Å². The van der Waals surface area contributed by atoms with Gasteiger partial charge in [0, 0.05) is 53.4 Å². The zero-order valence-electron chi connectivity index (χ0n) is 18.7. The van der Waals surface area contributed by atoms with Crippen LogP contribution in [0.5, 0.6) is 0 Å². The molecule has 0 aliphatic carbocycles. The highest BCUT2D eigenvalue weighted by atomic mass is 32.2. The van der Waals surface area contributed by atoms with Crippen molar-refractivity contribution in [3.8, 4) is 0 Å². The number of unbranched alkanes of at least 4 members (excludes halogenated alkanes) is 3. The highest BCUT2D eigenvalue weighted by molar-refractivity contribution is 7.89. The molecule has 1 N–H and O–H groups in total. The van der Waals surface area contributed by atoms with Gasteiger partial charge in [-0.1, -0.05) is 30.7 Å². The van der Waals surface area contributed by atoms with Gasteiger partial charge in [0.15, 0.2) is 5.96 Å². The first kappa shape index (κ1) is 24.4. The van der Waals surface area contributed by atoms with E-state index in [0.717, 1.165) is 56.8 Å². The van der Waals surface area contributed by atoms with Crippen LogP contribution < -0.4 is 5.32 Å². The van der Waals surface area contributed by atoms with Crippen molar-refractivity contribution in [2.75, 3.05) is 53.9 Å². The van der Waals surface area contributed by atoms with E-state index in [1.807, 2.05) is 32.3 Å². The molecule has 1 saturated heterocycles. The standard InChI is InChI=1S/C22H37N5O2S/c1-5-6-7-8-11-14-26(4)22(23-2)24-19-20-12-9-10-13-21(20)30(28,29)27-17-15-25(3)16-18-27/h5,9-10,12-13H,1,6-8,11,14-19H2,2-4H3,(H,23,24). The molecule has 1 aliphatic rings. The molecular weight excluding hydrogens is 398 g/mol. The molecule has 0 amide bonds. The smallest absolute Gasteiger partial charge is 0.243 e. The topological polar surface area (TPSA) is 68.2 Å². The van der Waals surface area contributed by atoms with Crippen LogP contribution in [-0.2, 0) is 16.6 Å². The number of allylic oxidation sites excluding steroid dienone is 1. The zero-order chi connectivity index (χ0) is 22.0. The van der Waals surface area contributed by atoms with Gasteiger partial charge in [-0.2, -0.15) is 4.31 Å². The second-order valence-corrected chi connectivity index (χ2v) is 9.68. The van der Waals surface area contributed by atoms with Crippen LogP contribution in [0.4, 0.5) is 0 Å². The van der Waals surface area contributed by atoms with E-state index >= 15 is 0 Å². The molecule has 1 aromatic rings. The lowest BCUT2D eigenvalue weighted by atomic mass is 10.2. The molecule has 8 heteroatoms. The minimum Gasteiger partial charge on any atom is -0.352 e. The maximum atomic E-state index is 13.2. The highest BCUT2D eigenvalue weighted by Crippen LogP contribution is 2.21. The van der Waals surface area contributed by atoms with Crippen molar-refractivity contribution in [3.05, 3.63) is 42.5 Å². The summed E-state index contributed by atoms with van der Waals surface area (Å²) in [4.78, 5) is 8.98. The quantitative estimate of drug-likeness (QED) is 0.265. The van der Waals surface area contributed by atoms with Crippen LogP contribution in [-0.4, -0.2) is 82.3 Å². The van der Waals surface area contributed by atoms with Crippen molar-refractivity contribution in [3.63, 3.8) is 0 Å². The SMILES string of the molecule is C=CCCCCCN(C)C(=NC)NCc1ccccc1S(=O)(=O)N1CCN(C)CC1. The van der Waals surface area contributed by atoms with Gasteiger partial charge in [-0.25, -0.2) is 8.42 Å². The lowest BCUT2D eigenvalue weighted by Gasteiger charge is -2.32. The molecule has 0 atom stereocenters. The molecule has 168 valence electrons. The number of hydrogen-bond acceptors (Lipinski definition) is 4. The number of hydrogen-bond donors (Lipinski definition) is 1. The van der Waals surface area contributed by atoms with Gasteiger partial charge in [0.1, 0.15) is 0 Å². The zero-order valence-corrected chi connectivity index (χ0v) is 19.5. The van der Waals surface area contributed by atoms with Crippen molar-refractivity contribution in [1.82, 2.24) is 19.4 Å². The molecule has 2 rings (SSSR count). The Morgan fingerprint density at radius 3 is 2.57 bits per heavy atom. The second-order valence-electron chi connectivity index (χ2n) is 7.78. The monoisotopic (exact) mass is 435 g/mol. The van der Waals surface area contributed by atoms with E-state index in [2.05, 4.69) is 26.7 Å². The number of likely N-dealkylation sites (N-methyl/N-ethyl adjacent to an activating group) is 1. The Morgan fingerprint density at radius 1 is 1.20 bits per heavy atom. The van der Waals surface area contributed by atoms with Crippen LogP contribution in [0.15, 0.2) is 46.8 Å². The normalized spacial score (nSPS) is 16.4. The molecule has 0 bridgehead atoms. The van der Waals surface area contributed by atoms with Crippen LogP contribution >= 0.6 is 0 Å². The lowest BCUT2D eigenvalue weighted by Crippen LogP contribution is -2.47. The van der Waals surface area contributed by atoms with E-state index < -0.39 is 10.0 Å². The molecule has 7 nitrogen and oxygen atoms in total. The lowest BCUT2D eigenvalue weighted by molar-refractivity contribution is 0.222. The third-order valence-electron chi connectivity index (χ3n) is 5.46. The van der Waals surface area contributed by atoms with Gasteiger partial charge in [-0.15, -0.1) is 6.58 Å². The summed E-state index contributed by atoms with van der Waals surface area (Å²) in [6, 6.07) is 7.25. The highest BCUT2D eigenvalue weighted by Gasteiger charge is 2.29. The van der Waals surface area contributed by atoms with Gasteiger partial charge in [0.2, 0.25) is 10.0 Å². The number of piperazine rings is 1. The molecule has 1 fully saturated rings. The van der Waals surface area contributed by atoms with E-state index in [0.29, 0.717) is 24.5 Å². The van der Waals surface area contributed by atoms with Gasteiger partial charge in [-0.3, -0.25) is 4.99 Å². The summed E-state index contributed by atoms with van der Waals surface area (Å²) in [6.45, 7) is 7.63. The van der Waals surface area contributed by atoms with Gasteiger partial charge in [-0.05, 0) is 37.9 Å². The molecule has 0 radical (unpaired) electrons. The van der Waals surface area contributed by atoms with Gasteiger partial charge in [0.25, 0.3) is 0 Å². The Morgan fingerprint density at radius 2 is 1.90 bits per heavy atom. The minimum atomic E-state index is -3.51. The summed E-state index contributed by atoms with van der Waals surface area (Å²) in [5.74, 6) is 0.769. The Hall–Kier alpha value is -1.90. The van der Waals surface area contributed by atoms with E-state index in [9.17, 15) is 8.42 Å². The predicted molar refractivity (Wildman–Crippen MR) is 124 cm³/mol. The fraction of sp³-hybridized carbons (Fsp3) is 0.591. The average molecular weight is 436 g/mol. The first-order valence-corrected chi connectivity index (χ1v) is 12.1. The Kier molecular flexibility index (Phi) is 9.81. The van der Waals surface area contributed by atoms with E-state index in [-0.39, 0.29) is 0 Å². The molecule has 1 aliphatic heterocycles. The van der Waals surface area contributed by atoms with E-state index in [1.165, 1.54) is 0 Å². The molecule has 0 saturated carbocycles. The Balaban J connectivity index is 2.01. The first-order valence-electron chi connectivity index (χ1n) is 10.7. The average Bonchev–Trinajstić information content (AvgIpc) is 2.74. The Bertz CT molecular complexity index is 802. The predicted octanol–water partition coefficient (Wildman–Crippen LogP) is 2.38. The van der Waals surface area contributed by atoms with Crippen molar-refractivity contribution >= 4 is 16.0 Å². The summed E-state index contributed by atoms with van der Waals surface area (Å²) in [5.41, 5.74) is 0.761. The summed E-state index contributed by atoms with van der Waals surface area (Å²) >= 11 is 0. The number of benzene rings is 1. The number of nitrogens with zero attached hydrogens (tertiary/aromatic N) is 4. The van der Waals surface area contributed by atoms with Crippen molar-refractivity contribution < 1.29 is 8.42 Å². The van der Waals surface area contributed by atoms with Crippen LogP contribution in [0.25, 0.3) is 0 Å². The molecular formula is C22H37N5O2S. The first-order chi connectivity index (χ1) is 14.4. The minimum absolute atomic E-state index is 0.379. The van der Waals surface area contributed by atoms with Crippen molar-refractivity contribution in [2.24, 2.45) is 4.99 Å². The third-order valence-corrected chi connectivity index (χ3v) is 7.46. The fourth-order valence-corrected chi connectivity index (χ4v) is 5.19. The van der Waals surface area contributed by atoms with Crippen molar-refractivity contribution in [2.45, 2.75) is 37.1 Å². The summed E-state index contributed by atoms with van der Waals surface area (Å²) in [5, 5.41) is 3.33. The van der Waals surface area contributed by atoms with E-state index in [1.54, 1.807) is 23.5 Å². The van der Waals surface area contributed by atoms with Gasteiger partial charge < -0.3 is 15.1 Å². The number of sulfonamides is 1. The summed E-state index contributed by atoms with van der Waals surface area (Å²) in [7, 11) is 2.27. The van der Waals surface area contributed by atoms with Crippen LogP contribution in [0.3, 0.4) is 0 Å². The van der Waals surface area contributed by atoms with Crippen molar-refractivity contribution in [1.29, 1.82) is 0 Å². The van der Waals surface area contributed by atoms with Crippen LogP contribution in [0.1, 0.15) is 31.2 Å². The maximum absolute atomic E-state index is 13.2. The second kappa shape index (κ2) is 12.1. The van der Waals surface area contributed by atoms with Gasteiger partial charge >= 0.3 is 0 Å². The largest absolute Gasteiger partial charge is 0.352 e. The third kappa shape index (κ3) is 6.82. The summed E-state index contributed by atoms with van der Waals surface area (Å²) in [6.07, 6.45) is 6.40. The fourth-order valence-electron chi connectivity index (χ4n) is 3.55. The molecule has 0 spiro atoms. The number of guanidine groups is 1.